The smallest absolute Gasteiger partial charge is 0.241 e. The van der Waals surface area contributed by atoms with Crippen LogP contribution in [0.1, 0.15) is 25.0 Å². The molecule has 2 aromatic carbocycles. The van der Waals surface area contributed by atoms with E-state index in [1.165, 1.54) is 12.1 Å². The largest absolute Gasteiger partial charge is 0.454 e. The number of amides is 1. The number of fused-ring (bicyclic) bond motifs is 1. The summed E-state index contributed by atoms with van der Waals surface area (Å²) in [6.45, 7) is 5.90. The van der Waals surface area contributed by atoms with Gasteiger partial charge in [0.2, 0.25) is 22.7 Å². The number of ether oxygens (including phenoxy) is 2. The van der Waals surface area contributed by atoms with Crippen LogP contribution in [0, 0.1) is 12.8 Å². The van der Waals surface area contributed by atoms with Gasteiger partial charge in [0.15, 0.2) is 11.5 Å². The van der Waals surface area contributed by atoms with Crippen LogP contribution in [0.15, 0.2) is 47.4 Å². The Balaban J connectivity index is 1.67. The van der Waals surface area contributed by atoms with Gasteiger partial charge in [-0.1, -0.05) is 37.6 Å². The van der Waals surface area contributed by atoms with Crippen molar-refractivity contribution in [2.75, 3.05) is 6.79 Å². The number of carbonyl (C=O) groups is 1. The second-order valence-electron chi connectivity index (χ2n) is 7.06. The van der Waals surface area contributed by atoms with Crippen molar-refractivity contribution in [3.63, 3.8) is 0 Å². The molecule has 0 saturated carbocycles. The molecule has 0 unspecified atom stereocenters. The number of carbonyl (C=O) groups excluding carboxylic acids is 1. The molecule has 2 aromatic rings. The minimum absolute atomic E-state index is 0.132. The van der Waals surface area contributed by atoms with Crippen molar-refractivity contribution in [1.82, 2.24) is 10.0 Å². The molecule has 28 heavy (non-hydrogen) atoms. The normalized spacial score (nSPS) is 14.1. The van der Waals surface area contributed by atoms with E-state index in [1.807, 2.05) is 13.0 Å². The van der Waals surface area contributed by atoms with Crippen LogP contribution < -0.4 is 19.5 Å². The van der Waals surface area contributed by atoms with Gasteiger partial charge in [-0.25, -0.2) is 8.42 Å². The van der Waals surface area contributed by atoms with E-state index < -0.39 is 16.1 Å². The first kappa shape index (κ1) is 20.2. The molecule has 0 radical (unpaired) electrons. The number of hydrogen-bond donors (Lipinski definition) is 2. The van der Waals surface area contributed by atoms with E-state index in [2.05, 4.69) is 10.0 Å². The standard InChI is InChI=1S/C20H24N2O5S/c1-13(2)19(22-28(24,25)16-7-4-14(3)5-8-16)20(23)21-11-15-6-9-17-18(10-15)27-12-26-17/h4-10,13,19,22H,11-12H2,1-3H3,(H,21,23)/t19-/m0/s1. The third-order valence-electron chi connectivity index (χ3n) is 4.47. The molecule has 0 aromatic heterocycles. The van der Waals surface area contributed by atoms with Crippen LogP contribution in [-0.2, 0) is 21.4 Å². The van der Waals surface area contributed by atoms with Gasteiger partial charge in [0.05, 0.1) is 4.90 Å². The fourth-order valence-electron chi connectivity index (χ4n) is 2.80. The van der Waals surface area contributed by atoms with Gasteiger partial charge in [-0.2, -0.15) is 4.72 Å². The van der Waals surface area contributed by atoms with Crippen molar-refractivity contribution in [2.24, 2.45) is 5.92 Å². The fourth-order valence-corrected chi connectivity index (χ4v) is 4.14. The maximum atomic E-state index is 12.7. The van der Waals surface area contributed by atoms with E-state index in [1.54, 1.807) is 38.1 Å². The Morgan fingerprint density at radius 1 is 1.07 bits per heavy atom. The summed E-state index contributed by atoms with van der Waals surface area (Å²) >= 11 is 0. The first-order chi connectivity index (χ1) is 13.3. The molecule has 8 heteroatoms. The Labute approximate surface area is 165 Å². The van der Waals surface area contributed by atoms with Gasteiger partial charge in [-0.05, 0) is 42.7 Å². The maximum absolute atomic E-state index is 12.7. The van der Waals surface area contributed by atoms with Crippen molar-refractivity contribution in [3.05, 3.63) is 53.6 Å². The molecule has 0 saturated heterocycles. The molecule has 0 aliphatic carbocycles. The van der Waals surface area contributed by atoms with Gasteiger partial charge in [0.25, 0.3) is 0 Å². The minimum atomic E-state index is -3.80. The van der Waals surface area contributed by atoms with Crippen LogP contribution in [0.4, 0.5) is 0 Å². The van der Waals surface area contributed by atoms with Crippen LogP contribution in [0.25, 0.3) is 0 Å². The molecule has 1 heterocycles. The zero-order valence-corrected chi connectivity index (χ0v) is 16.9. The summed E-state index contributed by atoms with van der Waals surface area (Å²) in [5.41, 5.74) is 1.79. The van der Waals surface area contributed by atoms with Gasteiger partial charge >= 0.3 is 0 Å². The number of hydrogen-bond acceptors (Lipinski definition) is 5. The van der Waals surface area contributed by atoms with Gasteiger partial charge in [0.1, 0.15) is 6.04 Å². The highest BCUT2D eigenvalue weighted by atomic mass is 32.2. The lowest BCUT2D eigenvalue weighted by atomic mass is 10.0. The van der Waals surface area contributed by atoms with Gasteiger partial charge in [0, 0.05) is 6.54 Å². The number of nitrogens with one attached hydrogen (secondary N) is 2. The zero-order valence-electron chi connectivity index (χ0n) is 16.1. The Morgan fingerprint density at radius 3 is 2.43 bits per heavy atom. The van der Waals surface area contributed by atoms with E-state index in [-0.39, 0.29) is 30.1 Å². The second-order valence-corrected chi connectivity index (χ2v) is 8.78. The lowest BCUT2D eigenvalue weighted by molar-refractivity contribution is -0.123. The molecule has 1 amide bonds. The predicted octanol–water partition coefficient (Wildman–Crippen LogP) is 2.34. The first-order valence-electron chi connectivity index (χ1n) is 9.01. The molecular formula is C20H24N2O5S. The monoisotopic (exact) mass is 404 g/mol. The molecule has 1 aliphatic rings. The molecule has 2 N–H and O–H groups in total. The highest BCUT2D eigenvalue weighted by Crippen LogP contribution is 2.32. The third-order valence-corrected chi connectivity index (χ3v) is 5.92. The van der Waals surface area contributed by atoms with Crippen molar-refractivity contribution >= 4 is 15.9 Å². The summed E-state index contributed by atoms with van der Waals surface area (Å²) in [7, 11) is -3.80. The Bertz CT molecular complexity index is 955. The first-order valence-corrected chi connectivity index (χ1v) is 10.5. The Hall–Kier alpha value is -2.58. The summed E-state index contributed by atoms with van der Waals surface area (Å²) in [6.07, 6.45) is 0. The van der Waals surface area contributed by atoms with Crippen LogP contribution in [0.3, 0.4) is 0 Å². The zero-order chi connectivity index (χ0) is 20.3. The number of benzene rings is 2. The molecule has 0 bridgehead atoms. The van der Waals surface area contributed by atoms with Crippen LogP contribution >= 0.6 is 0 Å². The topological polar surface area (TPSA) is 93.7 Å². The predicted molar refractivity (Wildman–Crippen MR) is 105 cm³/mol. The molecule has 7 nitrogen and oxygen atoms in total. The summed E-state index contributed by atoms with van der Waals surface area (Å²) < 4.78 is 38.4. The fraction of sp³-hybridized carbons (Fsp3) is 0.350. The average molecular weight is 404 g/mol. The van der Waals surface area contributed by atoms with E-state index in [9.17, 15) is 13.2 Å². The molecule has 0 spiro atoms. The van der Waals surface area contributed by atoms with Gasteiger partial charge in [-0.15, -0.1) is 0 Å². The van der Waals surface area contributed by atoms with E-state index >= 15 is 0 Å². The quantitative estimate of drug-likeness (QED) is 0.739. The summed E-state index contributed by atoms with van der Waals surface area (Å²) in [6, 6.07) is 11.0. The van der Waals surface area contributed by atoms with Crippen molar-refractivity contribution in [2.45, 2.75) is 38.3 Å². The summed E-state index contributed by atoms with van der Waals surface area (Å²) in [5.74, 6) is 0.688. The van der Waals surface area contributed by atoms with Crippen molar-refractivity contribution < 1.29 is 22.7 Å². The molecular weight excluding hydrogens is 380 g/mol. The average Bonchev–Trinajstić information content (AvgIpc) is 3.12. The van der Waals surface area contributed by atoms with Crippen LogP contribution in [-0.4, -0.2) is 27.2 Å². The highest BCUT2D eigenvalue weighted by molar-refractivity contribution is 7.89. The second kappa shape index (κ2) is 8.20. The van der Waals surface area contributed by atoms with Crippen molar-refractivity contribution in [3.8, 4) is 11.5 Å². The summed E-state index contributed by atoms with van der Waals surface area (Å²) in [5, 5.41) is 2.79. The van der Waals surface area contributed by atoms with E-state index in [4.69, 9.17) is 9.47 Å². The number of aryl methyl sites for hydroxylation is 1. The highest BCUT2D eigenvalue weighted by Gasteiger charge is 2.28. The van der Waals surface area contributed by atoms with Crippen LogP contribution in [0.5, 0.6) is 11.5 Å². The number of sulfonamides is 1. The lowest BCUT2D eigenvalue weighted by Gasteiger charge is -2.21. The Morgan fingerprint density at radius 2 is 1.75 bits per heavy atom. The molecule has 1 aliphatic heterocycles. The number of rotatable bonds is 7. The SMILES string of the molecule is Cc1ccc(S(=O)(=O)N[C@H](C(=O)NCc2ccc3c(c2)OCO3)C(C)C)cc1. The van der Waals surface area contributed by atoms with Crippen molar-refractivity contribution in [1.29, 1.82) is 0 Å². The lowest BCUT2D eigenvalue weighted by Crippen LogP contribution is -2.49. The third kappa shape index (κ3) is 4.63. The maximum Gasteiger partial charge on any atom is 0.241 e. The summed E-state index contributed by atoms with van der Waals surface area (Å²) in [4.78, 5) is 12.8. The van der Waals surface area contributed by atoms with Crippen LogP contribution in [0.2, 0.25) is 0 Å². The molecule has 3 rings (SSSR count). The molecule has 0 fully saturated rings. The van der Waals surface area contributed by atoms with E-state index in [0.717, 1.165) is 11.1 Å². The minimum Gasteiger partial charge on any atom is -0.454 e. The Kier molecular flexibility index (Phi) is 5.90. The van der Waals surface area contributed by atoms with Gasteiger partial charge in [-0.3, -0.25) is 4.79 Å². The van der Waals surface area contributed by atoms with E-state index in [0.29, 0.717) is 11.5 Å². The molecule has 1 atom stereocenters. The molecule has 150 valence electrons. The van der Waals surface area contributed by atoms with Gasteiger partial charge < -0.3 is 14.8 Å².